The molecular weight excluding hydrogens is 368 g/mol. The van der Waals surface area contributed by atoms with Crippen LogP contribution in [0.4, 0.5) is 0 Å². The zero-order chi connectivity index (χ0) is 21.8. The zero-order valence-corrected chi connectivity index (χ0v) is 18.8. The van der Waals surface area contributed by atoms with Crippen LogP contribution in [-0.4, -0.2) is 46.5 Å². The largest absolute Gasteiger partial charge is 0.492 e. The van der Waals surface area contributed by atoms with Crippen LogP contribution in [-0.2, 0) is 9.53 Å². The molecule has 1 aliphatic heterocycles. The van der Waals surface area contributed by atoms with Gasteiger partial charge in [0.15, 0.2) is 5.78 Å². The summed E-state index contributed by atoms with van der Waals surface area (Å²) in [6.45, 7) is 7.77. The molecule has 0 saturated carbocycles. The lowest BCUT2D eigenvalue weighted by molar-refractivity contribution is -0.120. The molecule has 0 aromatic rings. The second kappa shape index (κ2) is 13.9. The van der Waals surface area contributed by atoms with E-state index in [2.05, 4.69) is 6.92 Å². The Morgan fingerprint density at radius 3 is 2.41 bits per heavy atom. The lowest BCUT2D eigenvalue weighted by Gasteiger charge is -2.29. The van der Waals surface area contributed by atoms with Gasteiger partial charge in [-0.3, -0.25) is 4.79 Å². The quantitative estimate of drug-likeness (QED) is 0.374. The summed E-state index contributed by atoms with van der Waals surface area (Å²) < 4.78 is 5.62. The van der Waals surface area contributed by atoms with Crippen molar-refractivity contribution in [3.63, 3.8) is 0 Å². The number of aliphatic hydroxyl groups excluding tert-OH is 3. The molecule has 0 aromatic carbocycles. The van der Waals surface area contributed by atoms with Crippen LogP contribution >= 0.6 is 0 Å². The first-order valence-electron chi connectivity index (χ1n) is 11.4. The Morgan fingerprint density at radius 1 is 1.21 bits per heavy atom. The van der Waals surface area contributed by atoms with Gasteiger partial charge in [0.2, 0.25) is 0 Å². The Balaban J connectivity index is 2.54. The molecule has 0 aromatic heterocycles. The summed E-state index contributed by atoms with van der Waals surface area (Å²) in [6, 6.07) is 0. The smallest absolute Gasteiger partial charge is 0.165 e. The van der Waals surface area contributed by atoms with Gasteiger partial charge in [-0.05, 0) is 18.9 Å². The molecular formula is C24H42O5. The second-order valence-corrected chi connectivity index (χ2v) is 8.65. The summed E-state index contributed by atoms with van der Waals surface area (Å²) in [6.07, 6.45) is 10.7. The van der Waals surface area contributed by atoms with Gasteiger partial charge < -0.3 is 20.1 Å². The van der Waals surface area contributed by atoms with Crippen LogP contribution in [0.2, 0.25) is 0 Å². The minimum Gasteiger partial charge on any atom is -0.492 e. The Morgan fingerprint density at radius 2 is 1.83 bits per heavy atom. The number of hydrogen-bond donors (Lipinski definition) is 3. The van der Waals surface area contributed by atoms with Crippen LogP contribution in [0.5, 0.6) is 0 Å². The van der Waals surface area contributed by atoms with E-state index in [9.17, 15) is 20.1 Å². The summed E-state index contributed by atoms with van der Waals surface area (Å²) in [4.78, 5) is 11.9. The first kappa shape index (κ1) is 25.9. The van der Waals surface area contributed by atoms with Crippen molar-refractivity contribution in [2.45, 2.75) is 91.3 Å². The fraction of sp³-hybridized carbons (Fsp3) is 0.792. The number of carbonyl (C=O) groups is 1. The Hall–Kier alpha value is -1.17. The third kappa shape index (κ3) is 9.02. The lowest BCUT2D eigenvalue weighted by atomic mass is 9.85. The highest BCUT2D eigenvalue weighted by molar-refractivity contribution is 5.93. The molecule has 5 unspecified atom stereocenters. The average Bonchev–Trinajstić information content (AvgIpc) is 2.71. The minimum atomic E-state index is -0.867. The number of aliphatic hydroxyl groups is 3. The van der Waals surface area contributed by atoms with E-state index in [1.165, 1.54) is 38.2 Å². The van der Waals surface area contributed by atoms with Gasteiger partial charge in [-0.15, -0.1) is 0 Å². The maximum absolute atomic E-state index is 11.9. The van der Waals surface area contributed by atoms with Crippen molar-refractivity contribution >= 4 is 5.78 Å². The Labute approximate surface area is 176 Å². The molecule has 3 N–H and O–H groups in total. The molecule has 5 heteroatoms. The Bertz CT molecular complexity index is 539. The van der Waals surface area contributed by atoms with E-state index in [0.29, 0.717) is 18.8 Å². The first-order valence-corrected chi connectivity index (χ1v) is 11.4. The predicted molar refractivity (Wildman–Crippen MR) is 116 cm³/mol. The molecule has 29 heavy (non-hydrogen) atoms. The SMILES string of the molecule is CCCCCCCCCC(O)C(C)C(O)C(/C=C(\C)C1=CC(=O)C(C)CO1)CO. The molecule has 1 rings (SSSR count). The molecule has 0 aliphatic carbocycles. The number of allylic oxidation sites excluding steroid dienone is 2. The van der Waals surface area contributed by atoms with Crippen molar-refractivity contribution in [1.29, 1.82) is 0 Å². The molecule has 1 aliphatic rings. The molecule has 0 radical (unpaired) electrons. The van der Waals surface area contributed by atoms with Crippen LogP contribution in [0, 0.1) is 17.8 Å². The molecule has 0 amide bonds. The lowest BCUT2D eigenvalue weighted by Crippen LogP contribution is -2.36. The van der Waals surface area contributed by atoms with Crippen molar-refractivity contribution in [1.82, 2.24) is 0 Å². The summed E-state index contributed by atoms with van der Waals surface area (Å²) >= 11 is 0. The standard InChI is InChI=1S/C24H42O5/c1-5-6-7-8-9-10-11-12-21(26)19(4)24(28)20(15-25)13-17(2)23-14-22(27)18(3)16-29-23/h13-14,18-21,24-26,28H,5-12,15-16H2,1-4H3/b17-13+. The molecule has 1 heterocycles. The molecule has 0 spiro atoms. The van der Waals surface area contributed by atoms with E-state index in [0.717, 1.165) is 18.4 Å². The van der Waals surface area contributed by atoms with Crippen LogP contribution in [0.3, 0.4) is 0 Å². The normalized spacial score (nSPS) is 21.9. The van der Waals surface area contributed by atoms with Crippen LogP contribution in [0.15, 0.2) is 23.5 Å². The maximum atomic E-state index is 11.9. The molecule has 168 valence electrons. The summed E-state index contributed by atoms with van der Waals surface area (Å²) in [5.74, 6) is -0.493. The highest BCUT2D eigenvalue weighted by Gasteiger charge is 2.29. The summed E-state index contributed by atoms with van der Waals surface area (Å²) in [7, 11) is 0. The Kier molecular flexibility index (Phi) is 12.4. The first-order chi connectivity index (χ1) is 13.8. The number of rotatable bonds is 14. The fourth-order valence-corrected chi connectivity index (χ4v) is 3.69. The summed E-state index contributed by atoms with van der Waals surface area (Å²) in [5.41, 5.74) is 0.720. The molecule has 0 bridgehead atoms. The van der Waals surface area contributed by atoms with Gasteiger partial charge in [0.05, 0.1) is 31.3 Å². The van der Waals surface area contributed by atoms with Crippen molar-refractivity contribution in [2.24, 2.45) is 17.8 Å². The van der Waals surface area contributed by atoms with Gasteiger partial charge in [-0.2, -0.15) is 0 Å². The second-order valence-electron chi connectivity index (χ2n) is 8.65. The van der Waals surface area contributed by atoms with E-state index in [4.69, 9.17) is 4.74 Å². The van der Waals surface area contributed by atoms with Gasteiger partial charge in [0.25, 0.3) is 0 Å². The van der Waals surface area contributed by atoms with Gasteiger partial charge in [0, 0.05) is 17.9 Å². The van der Waals surface area contributed by atoms with Gasteiger partial charge in [0.1, 0.15) is 5.76 Å². The number of unbranched alkanes of at least 4 members (excludes halogenated alkanes) is 6. The number of ketones is 1. The number of ether oxygens (including phenoxy) is 1. The van der Waals surface area contributed by atoms with Gasteiger partial charge in [-0.1, -0.05) is 71.8 Å². The van der Waals surface area contributed by atoms with Crippen molar-refractivity contribution in [3.05, 3.63) is 23.5 Å². The van der Waals surface area contributed by atoms with Crippen molar-refractivity contribution in [3.8, 4) is 0 Å². The molecule has 5 nitrogen and oxygen atoms in total. The molecule has 0 fully saturated rings. The number of hydrogen-bond acceptors (Lipinski definition) is 5. The highest BCUT2D eigenvalue weighted by Crippen LogP contribution is 2.25. The van der Waals surface area contributed by atoms with Gasteiger partial charge in [-0.25, -0.2) is 0 Å². The van der Waals surface area contributed by atoms with E-state index in [1.807, 2.05) is 20.8 Å². The fourth-order valence-electron chi connectivity index (χ4n) is 3.69. The van der Waals surface area contributed by atoms with E-state index < -0.39 is 18.1 Å². The molecule has 5 atom stereocenters. The van der Waals surface area contributed by atoms with E-state index in [1.54, 1.807) is 6.08 Å². The van der Waals surface area contributed by atoms with E-state index in [-0.39, 0.29) is 24.2 Å². The van der Waals surface area contributed by atoms with Crippen molar-refractivity contribution < 1.29 is 24.9 Å². The van der Waals surface area contributed by atoms with E-state index >= 15 is 0 Å². The zero-order valence-electron chi connectivity index (χ0n) is 18.8. The van der Waals surface area contributed by atoms with Crippen molar-refractivity contribution in [2.75, 3.05) is 13.2 Å². The average molecular weight is 411 g/mol. The van der Waals surface area contributed by atoms with Crippen LogP contribution in [0.25, 0.3) is 0 Å². The maximum Gasteiger partial charge on any atom is 0.165 e. The topological polar surface area (TPSA) is 87.0 Å². The third-order valence-corrected chi connectivity index (χ3v) is 6.00. The number of carbonyl (C=O) groups excluding carboxylic acids is 1. The minimum absolute atomic E-state index is 0.0265. The summed E-state index contributed by atoms with van der Waals surface area (Å²) in [5, 5.41) is 30.9. The third-order valence-electron chi connectivity index (χ3n) is 6.00. The monoisotopic (exact) mass is 410 g/mol. The predicted octanol–water partition coefficient (Wildman–Crippen LogP) is 4.16. The van der Waals surface area contributed by atoms with Crippen LogP contribution < -0.4 is 0 Å². The van der Waals surface area contributed by atoms with Gasteiger partial charge >= 0.3 is 0 Å². The van der Waals surface area contributed by atoms with Crippen LogP contribution in [0.1, 0.15) is 79.1 Å². The molecule has 0 saturated heterocycles. The highest BCUT2D eigenvalue weighted by atomic mass is 16.5.